The van der Waals surface area contributed by atoms with E-state index in [1.54, 1.807) is 26.0 Å². The van der Waals surface area contributed by atoms with E-state index in [4.69, 9.17) is 0 Å². The van der Waals surface area contributed by atoms with E-state index in [0.717, 1.165) is 5.56 Å². The molecule has 0 fully saturated rings. The summed E-state index contributed by atoms with van der Waals surface area (Å²) in [7, 11) is 0. The Labute approximate surface area is 110 Å². The second-order valence-corrected chi connectivity index (χ2v) is 4.40. The van der Waals surface area contributed by atoms with Crippen LogP contribution in [0.1, 0.15) is 21.5 Å². The third-order valence-corrected chi connectivity index (χ3v) is 2.82. The number of rotatable bonds is 2. The fraction of sp³-hybridized carbons (Fsp3) is 0.133. The monoisotopic (exact) mass is 261 g/mol. The van der Waals surface area contributed by atoms with Gasteiger partial charge in [0.15, 0.2) is 0 Å². The van der Waals surface area contributed by atoms with Crippen LogP contribution in [0.4, 0.5) is 14.5 Å². The molecule has 1 N–H and O–H groups in total. The van der Waals surface area contributed by atoms with Crippen LogP contribution in [0.5, 0.6) is 0 Å². The highest BCUT2D eigenvalue weighted by Crippen LogP contribution is 2.18. The van der Waals surface area contributed by atoms with E-state index in [1.165, 1.54) is 24.3 Å². The lowest BCUT2D eigenvalue weighted by Gasteiger charge is -2.09. The Kier molecular flexibility index (Phi) is 3.60. The lowest BCUT2D eigenvalue weighted by molar-refractivity contribution is 0.102. The predicted molar refractivity (Wildman–Crippen MR) is 70.2 cm³/mol. The van der Waals surface area contributed by atoms with Gasteiger partial charge < -0.3 is 5.32 Å². The average molecular weight is 261 g/mol. The molecule has 2 aromatic rings. The summed E-state index contributed by atoms with van der Waals surface area (Å²) in [4.78, 5) is 11.9. The number of nitrogens with one attached hydrogen (secondary N) is 1. The Balaban J connectivity index is 2.28. The molecule has 2 aromatic carbocycles. The normalized spacial score (nSPS) is 10.3. The minimum atomic E-state index is -0.591. The summed E-state index contributed by atoms with van der Waals surface area (Å²) in [6.07, 6.45) is 0. The Morgan fingerprint density at radius 1 is 1.05 bits per heavy atom. The van der Waals surface area contributed by atoms with Gasteiger partial charge in [-0.25, -0.2) is 8.78 Å². The molecule has 4 heteroatoms. The molecule has 2 rings (SSSR count). The van der Waals surface area contributed by atoms with E-state index in [1.807, 2.05) is 0 Å². The van der Waals surface area contributed by atoms with Crippen LogP contribution in [-0.4, -0.2) is 5.91 Å². The molecule has 0 aliphatic carbocycles. The molecule has 0 heterocycles. The SMILES string of the molecule is Cc1ccc(C(=O)Nc2cc(F)ccc2C)c(F)c1. The number of hydrogen-bond donors (Lipinski definition) is 1. The summed E-state index contributed by atoms with van der Waals surface area (Å²) in [5.74, 6) is -1.64. The van der Waals surface area contributed by atoms with Crippen molar-refractivity contribution in [3.8, 4) is 0 Å². The van der Waals surface area contributed by atoms with E-state index in [2.05, 4.69) is 5.32 Å². The Morgan fingerprint density at radius 2 is 1.79 bits per heavy atom. The van der Waals surface area contributed by atoms with Crippen molar-refractivity contribution < 1.29 is 13.6 Å². The first-order valence-electron chi connectivity index (χ1n) is 5.81. The summed E-state index contributed by atoms with van der Waals surface area (Å²) in [5, 5.41) is 2.51. The second kappa shape index (κ2) is 5.18. The van der Waals surface area contributed by atoms with Crippen LogP contribution in [0.2, 0.25) is 0 Å². The lowest BCUT2D eigenvalue weighted by atomic mass is 10.1. The van der Waals surface area contributed by atoms with Gasteiger partial charge >= 0.3 is 0 Å². The lowest BCUT2D eigenvalue weighted by Crippen LogP contribution is -2.14. The molecule has 0 bridgehead atoms. The quantitative estimate of drug-likeness (QED) is 0.874. The van der Waals surface area contributed by atoms with Gasteiger partial charge in [0, 0.05) is 5.69 Å². The summed E-state index contributed by atoms with van der Waals surface area (Å²) in [5.41, 5.74) is 1.72. The van der Waals surface area contributed by atoms with Gasteiger partial charge in [-0.2, -0.15) is 0 Å². The minimum absolute atomic E-state index is 0.0609. The number of aryl methyl sites for hydroxylation is 2. The topological polar surface area (TPSA) is 29.1 Å². The first-order valence-corrected chi connectivity index (χ1v) is 5.81. The molecular formula is C15H13F2NO. The van der Waals surface area contributed by atoms with Crippen molar-refractivity contribution in [2.24, 2.45) is 0 Å². The molecule has 0 radical (unpaired) electrons. The van der Waals surface area contributed by atoms with Gasteiger partial charge in [0.05, 0.1) is 5.56 Å². The molecule has 0 spiro atoms. The maximum atomic E-state index is 13.6. The maximum absolute atomic E-state index is 13.6. The average Bonchev–Trinajstić information content (AvgIpc) is 2.33. The van der Waals surface area contributed by atoms with Gasteiger partial charge in [-0.15, -0.1) is 0 Å². The molecule has 19 heavy (non-hydrogen) atoms. The van der Waals surface area contributed by atoms with Crippen molar-refractivity contribution in [2.75, 3.05) is 5.32 Å². The van der Waals surface area contributed by atoms with Crippen molar-refractivity contribution in [1.82, 2.24) is 0 Å². The number of carbonyl (C=O) groups excluding carboxylic acids is 1. The third-order valence-electron chi connectivity index (χ3n) is 2.82. The number of hydrogen-bond acceptors (Lipinski definition) is 1. The van der Waals surface area contributed by atoms with Crippen molar-refractivity contribution in [2.45, 2.75) is 13.8 Å². The Hall–Kier alpha value is -2.23. The zero-order valence-corrected chi connectivity index (χ0v) is 10.6. The van der Waals surface area contributed by atoms with Crippen molar-refractivity contribution in [3.05, 3.63) is 64.7 Å². The molecular weight excluding hydrogens is 248 g/mol. The Morgan fingerprint density at radius 3 is 2.47 bits per heavy atom. The smallest absolute Gasteiger partial charge is 0.258 e. The van der Waals surface area contributed by atoms with E-state index in [-0.39, 0.29) is 5.56 Å². The second-order valence-electron chi connectivity index (χ2n) is 4.40. The number of benzene rings is 2. The zero-order chi connectivity index (χ0) is 14.0. The zero-order valence-electron chi connectivity index (χ0n) is 10.6. The molecule has 0 unspecified atom stereocenters. The molecule has 0 saturated carbocycles. The van der Waals surface area contributed by atoms with E-state index in [9.17, 15) is 13.6 Å². The summed E-state index contributed by atoms with van der Waals surface area (Å²) in [6, 6.07) is 8.41. The molecule has 0 saturated heterocycles. The van der Waals surface area contributed by atoms with Crippen LogP contribution in [0, 0.1) is 25.5 Å². The predicted octanol–water partition coefficient (Wildman–Crippen LogP) is 3.83. The van der Waals surface area contributed by atoms with E-state index in [0.29, 0.717) is 11.3 Å². The van der Waals surface area contributed by atoms with E-state index >= 15 is 0 Å². The number of anilines is 1. The highest BCUT2D eigenvalue weighted by molar-refractivity contribution is 6.04. The highest BCUT2D eigenvalue weighted by atomic mass is 19.1. The van der Waals surface area contributed by atoms with Crippen molar-refractivity contribution in [1.29, 1.82) is 0 Å². The van der Waals surface area contributed by atoms with Crippen molar-refractivity contribution in [3.63, 3.8) is 0 Å². The van der Waals surface area contributed by atoms with Crippen LogP contribution in [0.25, 0.3) is 0 Å². The fourth-order valence-electron chi connectivity index (χ4n) is 1.72. The molecule has 0 aliphatic heterocycles. The van der Waals surface area contributed by atoms with Gasteiger partial charge in [-0.1, -0.05) is 12.1 Å². The van der Waals surface area contributed by atoms with E-state index < -0.39 is 17.5 Å². The maximum Gasteiger partial charge on any atom is 0.258 e. The highest BCUT2D eigenvalue weighted by Gasteiger charge is 2.13. The fourth-order valence-corrected chi connectivity index (χ4v) is 1.72. The van der Waals surface area contributed by atoms with Gasteiger partial charge in [-0.3, -0.25) is 4.79 Å². The summed E-state index contributed by atoms with van der Waals surface area (Å²) in [6.45, 7) is 3.47. The third kappa shape index (κ3) is 2.96. The summed E-state index contributed by atoms with van der Waals surface area (Å²) >= 11 is 0. The molecule has 98 valence electrons. The molecule has 0 aliphatic rings. The molecule has 0 aromatic heterocycles. The summed E-state index contributed by atoms with van der Waals surface area (Å²) < 4.78 is 26.8. The van der Waals surface area contributed by atoms with Crippen LogP contribution in [0.15, 0.2) is 36.4 Å². The molecule has 1 amide bonds. The standard InChI is InChI=1S/C15H13F2NO/c1-9-3-6-12(13(17)7-9)15(19)18-14-8-11(16)5-4-10(14)2/h3-8H,1-2H3,(H,18,19). The van der Waals surface area contributed by atoms with Crippen LogP contribution in [-0.2, 0) is 0 Å². The first-order chi connectivity index (χ1) is 8.97. The Bertz CT molecular complexity index is 638. The first kappa shape index (κ1) is 13.2. The van der Waals surface area contributed by atoms with Gasteiger partial charge in [-0.05, 0) is 49.2 Å². The number of carbonyl (C=O) groups is 1. The van der Waals surface area contributed by atoms with Crippen LogP contribution < -0.4 is 5.32 Å². The molecule has 0 atom stereocenters. The van der Waals surface area contributed by atoms with Gasteiger partial charge in [0.2, 0.25) is 0 Å². The van der Waals surface area contributed by atoms with Crippen LogP contribution >= 0.6 is 0 Å². The molecule has 2 nitrogen and oxygen atoms in total. The minimum Gasteiger partial charge on any atom is -0.322 e. The largest absolute Gasteiger partial charge is 0.322 e. The van der Waals surface area contributed by atoms with Gasteiger partial charge in [0.25, 0.3) is 5.91 Å². The number of amides is 1. The van der Waals surface area contributed by atoms with Crippen molar-refractivity contribution >= 4 is 11.6 Å². The van der Waals surface area contributed by atoms with Gasteiger partial charge in [0.1, 0.15) is 11.6 Å². The number of halogens is 2. The van der Waals surface area contributed by atoms with Crippen LogP contribution in [0.3, 0.4) is 0 Å².